The molecule has 0 aliphatic carbocycles. The molecule has 0 spiro atoms. The molecule has 0 saturated heterocycles. The van der Waals surface area contributed by atoms with Crippen molar-refractivity contribution in [1.29, 1.82) is 0 Å². The molecule has 0 radical (unpaired) electrons. The summed E-state index contributed by atoms with van der Waals surface area (Å²) in [7, 11) is 0. The van der Waals surface area contributed by atoms with Crippen LogP contribution in [0.1, 0.15) is 22.0 Å². The minimum atomic E-state index is -1.25. The zero-order chi connectivity index (χ0) is 15.4. The van der Waals surface area contributed by atoms with Gasteiger partial charge < -0.3 is 20.6 Å². The number of amides is 1. The molecule has 0 heterocycles. The molecule has 2 aromatic rings. The minimum absolute atomic E-state index is 0.197. The van der Waals surface area contributed by atoms with Crippen molar-refractivity contribution in [2.75, 3.05) is 0 Å². The van der Waals surface area contributed by atoms with Crippen molar-refractivity contribution in [3.05, 3.63) is 59.7 Å². The number of rotatable bonds is 4. The summed E-state index contributed by atoms with van der Waals surface area (Å²) >= 11 is 0. The van der Waals surface area contributed by atoms with Gasteiger partial charge in [0, 0.05) is 0 Å². The van der Waals surface area contributed by atoms with Gasteiger partial charge in [-0.2, -0.15) is 0 Å². The quantitative estimate of drug-likeness (QED) is 0.640. The zero-order valence-corrected chi connectivity index (χ0v) is 10.9. The van der Waals surface area contributed by atoms with E-state index in [-0.39, 0.29) is 17.1 Å². The number of carbonyl (C=O) groups excluding carboxylic acids is 1. The van der Waals surface area contributed by atoms with E-state index in [9.17, 15) is 24.9 Å². The lowest BCUT2D eigenvalue weighted by Crippen LogP contribution is -2.33. The van der Waals surface area contributed by atoms with Crippen molar-refractivity contribution >= 4 is 11.9 Å². The average Bonchev–Trinajstić information content (AvgIpc) is 2.47. The van der Waals surface area contributed by atoms with Gasteiger partial charge in [-0.15, -0.1) is 0 Å². The highest BCUT2D eigenvalue weighted by molar-refractivity contribution is 5.99. The molecule has 0 aliphatic heterocycles. The van der Waals surface area contributed by atoms with Crippen LogP contribution in [0.3, 0.4) is 0 Å². The lowest BCUT2D eigenvalue weighted by atomic mass is 10.1. The van der Waals surface area contributed by atoms with Crippen LogP contribution in [0.15, 0.2) is 48.5 Å². The molecular weight excluding hydrogens is 274 g/mol. The molecule has 1 amide bonds. The van der Waals surface area contributed by atoms with E-state index in [1.807, 2.05) is 0 Å². The number of carbonyl (C=O) groups is 2. The fourth-order valence-corrected chi connectivity index (χ4v) is 1.85. The molecule has 0 unspecified atom stereocenters. The Morgan fingerprint density at radius 2 is 1.67 bits per heavy atom. The normalized spacial score (nSPS) is 11.6. The molecular formula is C15H13NO5. The van der Waals surface area contributed by atoms with E-state index in [1.165, 1.54) is 6.07 Å². The van der Waals surface area contributed by atoms with Crippen LogP contribution in [0.4, 0.5) is 0 Å². The third kappa shape index (κ3) is 3.30. The van der Waals surface area contributed by atoms with Gasteiger partial charge in [0.1, 0.15) is 11.5 Å². The number of hydrogen-bond acceptors (Lipinski definition) is 4. The van der Waals surface area contributed by atoms with E-state index in [4.69, 9.17) is 0 Å². The maximum atomic E-state index is 12.1. The van der Waals surface area contributed by atoms with Gasteiger partial charge in [-0.3, -0.25) is 4.79 Å². The summed E-state index contributed by atoms with van der Waals surface area (Å²) in [5.41, 5.74) is 0.204. The fourth-order valence-electron chi connectivity index (χ4n) is 1.85. The molecule has 6 heteroatoms. The summed E-state index contributed by atoms with van der Waals surface area (Å²) in [5, 5.41) is 30.5. The molecule has 0 aromatic heterocycles. The number of hydrogen-bond donors (Lipinski definition) is 4. The Labute approximate surface area is 120 Å². The van der Waals surface area contributed by atoms with Crippen LogP contribution in [0.5, 0.6) is 11.5 Å². The van der Waals surface area contributed by atoms with Crippen molar-refractivity contribution in [2.45, 2.75) is 6.04 Å². The van der Waals surface area contributed by atoms with Crippen LogP contribution < -0.4 is 5.32 Å². The summed E-state index contributed by atoms with van der Waals surface area (Å²) in [6, 6.07) is 10.4. The van der Waals surface area contributed by atoms with Gasteiger partial charge in [-0.05, 0) is 23.8 Å². The van der Waals surface area contributed by atoms with Crippen LogP contribution in [0.2, 0.25) is 0 Å². The zero-order valence-electron chi connectivity index (χ0n) is 10.9. The smallest absolute Gasteiger partial charge is 0.330 e. The van der Waals surface area contributed by atoms with E-state index in [2.05, 4.69) is 5.32 Å². The van der Waals surface area contributed by atoms with Gasteiger partial charge >= 0.3 is 5.97 Å². The Morgan fingerprint density at radius 3 is 2.29 bits per heavy atom. The Bertz CT molecular complexity index is 669. The van der Waals surface area contributed by atoms with Crippen LogP contribution in [-0.2, 0) is 4.79 Å². The minimum Gasteiger partial charge on any atom is -0.508 e. The van der Waals surface area contributed by atoms with Gasteiger partial charge in [0.25, 0.3) is 5.91 Å². The molecule has 0 bridgehead atoms. The summed E-state index contributed by atoms with van der Waals surface area (Å²) in [4.78, 5) is 23.4. The Balaban J connectivity index is 2.27. The molecule has 1 atom stereocenters. The number of aromatic hydroxyl groups is 2. The highest BCUT2D eigenvalue weighted by Gasteiger charge is 2.23. The first-order valence-electron chi connectivity index (χ1n) is 6.09. The number of benzene rings is 2. The van der Waals surface area contributed by atoms with E-state index in [1.54, 1.807) is 30.3 Å². The van der Waals surface area contributed by atoms with E-state index < -0.39 is 17.9 Å². The van der Waals surface area contributed by atoms with Crippen molar-refractivity contribution in [3.63, 3.8) is 0 Å². The first-order valence-corrected chi connectivity index (χ1v) is 6.09. The van der Waals surface area contributed by atoms with E-state index in [0.29, 0.717) is 5.56 Å². The number of phenols is 2. The second-order valence-corrected chi connectivity index (χ2v) is 4.36. The molecule has 4 N–H and O–H groups in total. The lowest BCUT2D eigenvalue weighted by molar-refractivity contribution is -0.139. The summed E-state index contributed by atoms with van der Waals surface area (Å²) in [6.45, 7) is 0. The SMILES string of the molecule is O=C(N[C@H](C(=O)O)c1ccccc1)c1cc(O)ccc1O. The molecule has 2 rings (SSSR count). The number of aliphatic carboxylic acids is 1. The van der Waals surface area contributed by atoms with Gasteiger partial charge in [0.2, 0.25) is 0 Å². The third-order valence-corrected chi connectivity index (χ3v) is 2.88. The summed E-state index contributed by atoms with van der Waals surface area (Å²) in [5.74, 6) is -2.57. The van der Waals surface area contributed by atoms with Gasteiger partial charge in [-0.1, -0.05) is 30.3 Å². The average molecular weight is 287 g/mol. The highest BCUT2D eigenvalue weighted by Crippen LogP contribution is 2.23. The molecule has 0 aliphatic rings. The van der Waals surface area contributed by atoms with Gasteiger partial charge in [0.15, 0.2) is 6.04 Å². The Kier molecular flexibility index (Phi) is 4.08. The van der Waals surface area contributed by atoms with Gasteiger partial charge in [0.05, 0.1) is 5.56 Å². The second-order valence-electron chi connectivity index (χ2n) is 4.36. The molecule has 0 fully saturated rings. The van der Waals surface area contributed by atoms with Crippen molar-refractivity contribution in [1.82, 2.24) is 5.32 Å². The molecule has 108 valence electrons. The van der Waals surface area contributed by atoms with Crippen molar-refractivity contribution < 1.29 is 24.9 Å². The molecule has 0 saturated carbocycles. The molecule has 21 heavy (non-hydrogen) atoms. The Hall–Kier alpha value is -3.02. The van der Waals surface area contributed by atoms with Crippen LogP contribution in [-0.4, -0.2) is 27.2 Å². The van der Waals surface area contributed by atoms with Gasteiger partial charge in [-0.25, -0.2) is 4.79 Å². The maximum Gasteiger partial charge on any atom is 0.330 e. The number of carboxylic acids is 1. The fraction of sp³-hybridized carbons (Fsp3) is 0.0667. The monoisotopic (exact) mass is 287 g/mol. The first-order chi connectivity index (χ1) is 9.99. The number of carboxylic acid groups (broad SMARTS) is 1. The molecule has 6 nitrogen and oxygen atoms in total. The summed E-state index contributed by atoms with van der Waals surface area (Å²) in [6.07, 6.45) is 0. The summed E-state index contributed by atoms with van der Waals surface area (Å²) < 4.78 is 0. The van der Waals surface area contributed by atoms with Crippen LogP contribution in [0, 0.1) is 0 Å². The predicted octanol–water partition coefficient (Wildman–Crippen LogP) is 1.65. The largest absolute Gasteiger partial charge is 0.508 e. The predicted molar refractivity (Wildman–Crippen MR) is 74.1 cm³/mol. The van der Waals surface area contributed by atoms with Crippen LogP contribution >= 0.6 is 0 Å². The molecule has 2 aromatic carbocycles. The second kappa shape index (κ2) is 5.96. The number of phenolic OH excluding ortho intramolecular Hbond substituents is 2. The van der Waals surface area contributed by atoms with E-state index >= 15 is 0 Å². The van der Waals surface area contributed by atoms with Crippen LogP contribution in [0.25, 0.3) is 0 Å². The highest BCUT2D eigenvalue weighted by atomic mass is 16.4. The van der Waals surface area contributed by atoms with Crippen molar-refractivity contribution in [3.8, 4) is 11.5 Å². The maximum absolute atomic E-state index is 12.1. The van der Waals surface area contributed by atoms with E-state index in [0.717, 1.165) is 12.1 Å². The van der Waals surface area contributed by atoms with Crippen molar-refractivity contribution in [2.24, 2.45) is 0 Å². The Morgan fingerprint density at radius 1 is 1.00 bits per heavy atom. The standard InChI is InChI=1S/C15H13NO5/c17-10-6-7-12(18)11(8-10)14(19)16-13(15(20)21)9-4-2-1-3-5-9/h1-8,13,17-18H,(H,16,19)(H,20,21)/t13-/m0/s1. The topological polar surface area (TPSA) is 107 Å². The lowest BCUT2D eigenvalue weighted by Gasteiger charge is -2.15. The first kappa shape index (κ1) is 14.4. The number of nitrogens with one attached hydrogen (secondary N) is 1. The third-order valence-electron chi connectivity index (χ3n) is 2.88.